The van der Waals surface area contributed by atoms with Gasteiger partial charge in [0.1, 0.15) is 18.2 Å². The standard InChI is InChI=1S/C30H30F3N3O4.H2O/c31-30(32,33)24-5-1-3-19(15-24)4-2-14-36-25(16-23(29(36)39)17-27(37)38)18-40-26-12-10-21(11-13-26)20-6-8-22(9-7-20)28(34)35;/h1,3,5-13,15,23,25H,2,4,14,16-18H2,(H3,34,35)(H,37,38);1H2/t23-,25-;/m0./s1. The number of hydrogen-bond acceptors (Lipinski definition) is 4. The van der Waals surface area contributed by atoms with Gasteiger partial charge in [0.15, 0.2) is 0 Å². The lowest BCUT2D eigenvalue weighted by Crippen LogP contribution is -2.38. The maximum Gasteiger partial charge on any atom is 0.416 e. The Bertz CT molecular complexity index is 1360. The van der Waals surface area contributed by atoms with Crippen LogP contribution in [-0.2, 0) is 22.2 Å². The van der Waals surface area contributed by atoms with Crippen molar-refractivity contribution in [1.29, 1.82) is 5.41 Å². The maximum absolute atomic E-state index is 13.0. The van der Waals surface area contributed by atoms with Gasteiger partial charge in [0.25, 0.3) is 0 Å². The number of halogens is 3. The number of carboxylic acids is 1. The highest BCUT2D eigenvalue weighted by Gasteiger charge is 2.40. The number of aryl methyl sites for hydroxylation is 1. The van der Waals surface area contributed by atoms with Crippen LogP contribution in [0.5, 0.6) is 5.75 Å². The average molecular weight is 572 g/mol. The zero-order chi connectivity index (χ0) is 28.9. The second-order valence-electron chi connectivity index (χ2n) is 9.84. The van der Waals surface area contributed by atoms with Crippen LogP contribution in [-0.4, -0.2) is 52.4 Å². The van der Waals surface area contributed by atoms with Gasteiger partial charge in [-0.3, -0.25) is 15.0 Å². The number of nitrogen functional groups attached to an aromatic ring is 1. The third-order valence-corrected chi connectivity index (χ3v) is 7.00. The summed E-state index contributed by atoms with van der Waals surface area (Å²) in [6.45, 7) is 0.451. The molecule has 1 heterocycles. The molecule has 4 rings (SSSR count). The van der Waals surface area contributed by atoms with Crippen molar-refractivity contribution in [3.8, 4) is 16.9 Å². The van der Waals surface area contributed by atoms with E-state index in [2.05, 4.69) is 0 Å². The lowest BCUT2D eigenvalue weighted by Gasteiger charge is -2.25. The summed E-state index contributed by atoms with van der Waals surface area (Å²) in [4.78, 5) is 25.9. The van der Waals surface area contributed by atoms with E-state index in [4.69, 9.17) is 15.9 Å². The van der Waals surface area contributed by atoms with Gasteiger partial charge in [0.05, 0.1) is 23.9 Å². The molecule has 0 radical (unpaired) electrons. The predicted octanol–water partition coefficient (Wildman–Crippen LogP) is 4.54. The number of carbonyl (C=O) groups excluding carboxylic acids is 1. The van der Waals surface area contributed by atoms with Gasteiger partial charge in [0, 0.05) is 12.1 Å². The van der Waals surface area contributed by atoms with Crippen molar-refractivity contribution in [3.05, 3.63) is 89.5 Å². The number of likely N-dealkylation sites (tertiary alicyclic amines) is 1. The van der Waals surface area contributed by atoms with Gasteiger partial charge in [-0.25, -0.2) is 0 Å². The first-order valence-corrected chi connectivity index (χ1v) is 12.9. The van der Waals surface area contributed by atoms with Gasteiger partial charge in [-0.1, -0.05) is 54.6 Å². The molecule has 218 valence electrons. The van der Waals surface area contributed by atoms with E-state index in [0.717, 1.165) is 23.3 Å². The fraction of sp³-hybridized carbons (Fsp3) is 0.300. The Morgan fingerprint density at radius 2 is 1.68 bits per heavy atom. The van der Waals surface area contributed by atoms with Crippen LogP contribution in [0.15, 0.2) is 72.8 Å². The summed E-state index contributed by atoms with van der Waals surface area (Å²) in [6.07, 6.45) is -3.60. The van der Waals surface area contributed by atoms with Crippen molar-refractivity contribution in [1.82, 2.24) is 4.90 Å². The Hall–Kier alpha value is -4.38. The monoisotopic (exact) mass is 571 g/mol. The number of nitrogens with two attached hydrogens (primary N) is 1. The van der Waals surface area contributed by atoms with Gasteiger partial charge in [-0.2, -0.15) is 13.2 Å². The highest BCUT2D eigenvalue weighted by molar-refractivity contribution is 5.95. The molecule has 1 fully saturated rings. The smallest absolute Gasteiger partial charge is 0.416 e. The maximum atomic E-state index is 13.0. The molecule has 1 aliphatic rings. The van der Waals surface area contributed by atoms with E-state index in [0.29, 0.717) is 36.1 Å². The number of aliphatic carboxylic acids is 1. The van der Waals surface area contributed by atoms with E-state index < -0.39 is 23.6 Å². The van der Waals surface area contributed by atoms with Gasteiger partial charge >= 0.3 is 12.1 Å². The summed E-state index contributed by atoms with van der Waals surface area (Å²) in [5.41, 5.74) is 7.84. The first-order valence-electron chi connectivity index (χ1n) is 12.9. The molecule has 0 bridgehead atoms. The number of benzene rings is 3. The molecular weight excluding hydrogens is 539 g/mol. The van der Waals surface area contributed by atoms with Gasteiger partial charge in [-0.05, 0) is 54.2 Å². The van der Waals surface area contributed by atoms with Gasteiger partial charge in [-0.15, -0.1) is 0 Å². The minimum Gasteiger partial charge on any atom is -0.491 e. The molecule has 3 aromatic carbocycles. The number of carbonyl (C=O) groups is 2. The zero-order valence-electron chi connectivity index (χ0n) is 22.2. The summed E-state index contributed by atoms with van der Waals surface area (Å²) in [7, 11) is 0. The van der Waals surface area contributed by atoms with Crippen molar-refractivity contribution in [2.24, 2.45) is 11.7 Å². The van der Waals surface area contributed by atoms with E-state index in [1.165, 1.54) is 6.07 Å². The molecule has 6 N–H and O–H groups in total. The fourth-order valence-corrected chi connectivity index (χ4v) is 4.94. The van der Waals surface area contributed by atoms with Crippen LogP contribution in [0.1, 0.15) is 36.0 Å². The number of nitrogens with zero attached hydrogens (tertiary/aromatic N) is 1. The normalized spacial score (nSPS) is 16.8. The summed E-state index contributed by atoms with van der Waals surface area (Å²) in [5.74, 6) is -1.42. The molecule has 41 heavy (non-hydrogen) atoms. The third-order valence-electron chi connectivity index (χ3n) is 7.00. The van der Waals surface area contributed by atoms with Crippen LogP contribution in [0.2, 0.25) is 0 Å². The molecule has 11 heteroatoms. The van der Waals surface area contributed by atoms with Crippen LogP contribution in [0.3, 0.4) is 0 Å². The fourth-order valence-electron chi connectivity index (χ4n) is 4.94. The van der Waals surface area contributed by atoms with Crippen molar-refractivity contribution in [3.63, 3.8) is 0 Å². The number of hydrogen-bond donors (Lipinski definition) is 3. The summed E-state index contributed by atoms with van der Waals surface area (Å²) in [5, 5.41) is 16.7. The average Bonchev–Trinajstić information content (AvgIpc) is 3.21. The number of rotatable bonds is 11. The van der Waals surface area contributed by atoms with Crippen molar-refractivity contribution >= 4 is 17.7 Å². The highest BCUT2D eigenvalue weighted by Crippen LogP contribution is 2.31. The topological polar surface area (TPSA) is 148 Å². The lowest BCUT2D eigenvalue weighted by atomic mass is 10.0. The largest absolute Gasteiger partial charge is 0.491 e. The number of amides is 1. The molecule has 0 aliphatic carbocycles. The molecule has 1 saturated heterocycles. The molecule has 0 unspecified atom stereocenters. The Morgan fingerprint density at radius 1 is 1.05 bits per heavy atom. The molecule has 0 saturated carbocycles. The quantitative estimate of drug-likeness (QED) is 0.228. The SMILES string of the molecule is N=C(N)c1ccc(-c2ccc(OC[C@@H]3C[C@@H](CC(=O)O)C(=O)N3CCCc3cccc(C(F)(F)F)c3)cc2)cc1.O. The minimum absolute atomic E-state index is 0. The van der Waals surface area contributed by atoms with E-state index >= 15 is 0 Å². The molecule has 2 atom stereocenters. The van der Waals surface area contributed by atoms with Crippen LogP contribution >= 0.6 is 0 Å². The van der Waals surface area contributed by atoms with Crippen molar-refractivity contribution in [2.75, 3.05) is 13.2 Å². The van der Waals surface area contributed by atoms with Gasteiger partial charge in [0.2, 0.25) is 5.91 Å². The van der Waals surface area contributed by atoms with Gasteiger partial charge < -0.3 is 26.0 Å². The number of amidine groups is 1. The molecule has 1 amide bonds. The van der Waals surface area contributed by atoms with Crippen LogP contribution < -0.4 is 10.5 Å². The summed E-state index contributed by atoms with van der Waals surface area (Å²) >= 11 is 0. The zero-order valence-corrected chi connectivity index (χ0v) is 22.2. The first kappa shape index (κ1) is 31.2. The van der Waals surface area contributed by atoms with Crippen LogP contribution in [0.25, 0.3) is 11.1 Å². The van der Waals surface area contributed by atoms with Crippen molar-refractivity contribution < 1.29 is 38.1 Å². The Labute approximate surface area is 235 Å². The summed E-state index contributed by atoms with van der Waals surface area (Å²) in [6, 6.07) is 19.4. The van der Waals surface area contributed by atoms with E-state index in [9.17, 15) is 27.9 Å². The van der Waals surface area contributed by atoms with Crippen LogP contribution in [0, 0.1) is 11.3 Å². The van der Waals surface area contributed by atoms with E-state index in [1.807, 2.05) is 24.3 Å². The second kappa shape index (κ2) is 13.3. The Balaban J connectivity index is 0.00000462. The Morgan fingerprint density at radius 3 is 2.27 bits per heavy atom. The van der Waals surface area contributed by atoms with Crippen LogP contribution in [0.4, 0.5) is 13.2 Å². The van der Waals surface area contributed by atoms with Crippen molar-refractivity contribution in [2.45, 2.75) is 37.9 Å². The predicted molar refractivity (Wildman–Crippen MR) is 148 cm³/mol. The van der Waals surface area contributed by atoms with E-state index in [1.54, 1.807) is 35.2 Å². The molecule has 0 spiro atoms. The lowest BCUT2D eigenvalue weighted by molar-refractivity contribution is -0.142. The molecule has 1 aliphatic heterocycles. The number of carboxylic acid groups (broad SMARTS) is 1. The molecular formula is C30H32F3N3O5. The molecule has 0 aromatic heterocycles. The Kier molecular flexibility index (Phi) is 10.1. The second-order valence-corrected chi connectivity index (χ2v) is 9.84. The van der Waals surface area contributed by atoms with E-state index in [-0.39, 0.29) is 42.8 Å². The third kappa shape index (κ3) is 8.07. The minimum atomic E-state index is -4.42. The first-order chi connectivity index (χ1) is 19.0. The number of ether oxygens (including phenoxy) is 1. The number of alkyl halides is 3. The highest BCUT2D eigenvalue weighted by atomic mass is 19.4. The molecule has 3 aromatic rings. The number of nitrogens with one attached hydrogen (secondary N) is 1. The molecule has 8 nitrogen and oxygen atoms in total. The summed E-state index contributed by atoms with van der Waals surface area (Å²) < 4.78 is 45.1.